The van der Waals surface area contributed by atoms with Gasteiger partial charge in [-0.15, -0.1) is 0 Å². The number of amides is 2. The molecule has 2 N–H and O–H groups in total. The molecule has 0 aliphatic heterocycles. The second-order valence-electron chi connectivity index (χ2n) is 10.2. The third kappa shape index (κ3) is 5.52. The van der Waals surface area contributed by atoms with E-state index in [9.17, 15) is 9.59 Å². The van der Waals surface area contributed by atoms with E-state index in [2.05, 4.69) is 42.9 Å². The normalized spacial score (nSPS) is 11.4. The summed E-state index contributed by atoms with van der Waals surface area (Å²) in [5.41, 5.74) is 3.60. The number of methoxy groups -OCH3 is 2. The molecule has 0 radical (unpaired) electrons. The number of hydrogen-bond acceptors (Lipinski definition) is 4. The predicted octanol–water partition coefficient (Wildman–Crippen LogP) is 6.20. The van der Waals surface area contributed by atoms with Crippen molar-refractivity contribution in [3.05, 3.63) is 89.6 Å². The van der Waals surface area contributed by atoms with E-state index in [1.807, 2.05) is 54.7 Å². The van der Waals surface area contributed by atoms with E-state index in [1.165, 1.54) is 7.11 Å². The molecular weight excluding hydrogens is 478 g/mol. The maximum absolute atomic E-state index is 13.2. The number of nitrogens with zero attached hydrogens (tertiary/aromatic N) is 1. The minimum absolute atomic E-state index is 0.0903. The van der Waals surface area contributed by atoms with Crippen LogP contribution in [0, 0.1) is 0 Å². The van der Waals surface area contributed by atoms with Crippen LogP contribution in [0.5, 0.6) is 11.5 Å². The fourth-order valence-corrected chi connectivity index (χ4v) is 4.50. The molecule has 198 valence electrons. The summed E-state index contributed by atoms with van der Waals surface area (Å²) in [6.07, 6.45) is 1.94. The lowest BCUT2D eigenvalue weighted by Gasteiger charge is -2.26. The van der Waals surface area contributed by atoms with Gasteiger partial charge in [-0.05, 0) is 55.8 Å². The number of nitrogens with one attached hydrogen (secondary N) is 2. The zero-order valence-corrected chi connectivity index (χ0v) is 22.8. The van der Waals surface area contributed by atoms with Crippen LogP contribution >= 0.6 is 0 Å². The first-order valence-electron chi connectivity index (χ1n) is 12.7. The van der Waals surface area contributed by atoms with Gasteiger partial charge in [-0.2, -0.15) is 0 Å². The molecule has 0 aliphatic rings. The number of carbonyl (C=O) groups is 2. The third-order valence-corrected chi connectivity index (χ3v) is 6.80. The van der Waals surface area contributed by atoms with Crippen molar-refractivity contribution in [2.45, 2.75) is 39.2 Å². The summed E-state index contributed by atoms with van der Waals surface area (Å²) in [4.78, 5) is 25.9. The lowest BCUT2D eigenvalue weighted by atomic mass is 9.84. The number of carbonyl (C=O) groups excluding carboxylic acids is 2. The lowest BCUT2D eigenvalue weighted by Crippen LogP contribution is -2.36. The fraction of sp³-hybridized carbons (Fsp3) is 0.290. The first kappa shape index (κ1) is 26.8. The Bertz CT molecular complexity index is 1450. The molecule has 1 aromatic heterocycles. The van der Waals surface area contributed by atoms with Crippen molar-refractivity contribution < 1.29 is 19.1 Å². The van der Waals surface area contributed by atoms with Crippen LogP contribution in [0.15, 0.2) is 72.9 Å². The van der Waals surface area contributed by atoms with Crippen LogP contribution < -0.4 is 20.1 Å². The molecule has 0 saturated carbocycles. The molecule has 7 nitrogen and oxygen atoms in total. The Morgan fingerprint density at radius 3 is 2.24 bits per heavy atom. The molecule has 4 rings (SSSR count). The van der Waals surface area contributed by atoms with Gasteiger partial charge in [0, 0.05) is 46.4 Å². The first-order valence-corrected chi connectivity index (χ1v) is 12.7. The van der Waals surface area contributed by atoms with Gasteiger partial charge >= 0.3 is 0 Å². The van der Waals surface area contributed by atoms with Crippen LogP contribution in [0.1, 0.15) is 60.0 Å². The molecule has 0 spiro atoms. The van der Waals surface area contributed by atoms with Gasteiger partial charge in [-0.3, -0.25) is 9.59 Å². The van der Waals surface area contributed by atoms with Gasteiger partial charge in [0.15, 0.2) is 11.5 Å². The molecule has 0 fully saturated rings. The summed E-state index contributed by atoms with van der Waals surface area (Å²) in [7, 11) is 3.09. The summed E-state index contributed by atoms with van der Waals surface area (Å²) in [5.74, 6) is 0.722. The molecule has 0 saturated heterocycles. The van der Waals surface area contributed by atoms with Crippen molar-refractivity contribution in [3.63, 3.8) is 0 Å². The molecule has 7 heteroatoms. The molecular formula is C31H35N3O4. The van der Waals surface area contributed by atoms with Crippen molar-refractivity contribution in [2.24, 2.45) is 0 Å². The van der Waals surface area contributed by atoms with Gasteiger partial charge in [-0.1, -0.05) is 44.2 Å². The number of rotatable bonds is 9. The maximum atomic E-state index is 13.2. The lowest BCUT2D eigenvalue weighted by molar-refractivity contribution is 0.0946. The molecule has 0 aliphatic carbocycles. The fourth-order valence-electron chi connectivity index (χ4n) is 4.50. The summed E-state index contributed by atoms with van der Waals surface area (Å²) < 4.78 is 12.7. The first-order chi connectivity index (χ1) is 18.1. The smallest absolute Gasteiger partial charge is 0.255 e. The van der Waals surface area contributed by atoms with E-state index in [-0.39, 0.29) is 23.3 Å². The third-order valence-electron chi connectivity index (χ3n) is 6.80. The van der Waals surface area contributed by atoms with Crippen molar-refractivity contribution in [2.75, 3.05) is 26.1 Å². The monoisotopic (exact) mass is 513 g/mol. The van der Waals surface area contributed by atoms with Crippen molar-refractivity contribution in [1.29, 1.82) is 0 Å². The highest BCUT2D eigenvalue weighted by atomic mass is 16.5. The van der Waals surface area contributed by atoms with Gasteiger partial charge in [0.1, 0.15) is 0 Å². The highest BCUT2D eigenvalue weighted by molar-refractivity contribution is 6.07. The summed E-state index contributed by atoms with van der Waals surface area (Å²) in [6, 6.07) is 21.0. The Balaban J connectivity index is 1.43. The van der Waals surface area contributed by atoms with E-state index in [0.717, 1.165) is 16.5 Å². The number of fused-ring (bicyclic) bond motifs is 1. The van der Waals surface area contributed by atoms with Crippen molar-refractivity contribution in [1.82, 2.24) is 9.88 Å². The van der Waals surface area contributed by atoms with E-state index < -0.39 is 0 Å². The van der Waals surface area contributed by atoms with Crippen molar-refractivity contribution >= 4 is 28.4 Å². The van der Waals surface area contributed by atoms with Crippen LogP contribution in [0.4, 0.5) is 5.69 Å². The van der Waals surface area contributed by atoms with Gasteiger partial charge in [0.2, 0.25) is 0 Å². The van der Waals surface area contributed by atoms with Crippen molar-refractivity contribution in [3.8, 4) is 11.5 Å². The highest BCUT2D eigenvalue weighted by Gasteiger charge is 2.23. The standard InChI is InChI=1S/C31H35N3O4/c1-20(2)34-18-25(24-9-7-8-10-26(24)34)30(36)32-19-31(3,4)22-12-14-23(15-13-22)33-29(35)21-11-16-27(37-5)28(17-21)38-6/h7-18,20H,19H2,1-6H3,(H,32,36)(H,33,35). The molecule has 0 atom stereocenters. The van der Waals surface area contributed by atoms with Gasteiger partial charge in [-0.25, -0.2) is 0 Å². The number of ether oxygens (including phenoxy) is 2. The molecule has 1 heterocycles. The summed E-state index contributed by atoms with van der Waals surface area (Å²) >= 11 is 0. The zero-order chi connectivity index (χ0) is 27.4. The number of benzene rings is 3. The molecule has 4 aromatic rings. The average Bonchev–Trinajstić information content (AvgIpc) is 3.32. The molecule has 2 amide bonds. The van der Waals surface area contributed by atoms with E-state index in [4.69, 9.17) is 9.47 Å². The second-order valence-corrected chi connectivity index (χ2v) is 10.2. The molecule has 38 heavy (non-hydrogen) atoms. The van der Waals surface area contributed by atoms with Crippen LogP contribution in [0.3, 0.4) is 0 Å². The number of aromatic nitrogens is 1. The van der Waals surface area contributed by atoms with Gasteiger partial charge in [0.05, 0.1) is 19.8 Å². The Kier molecular flexibility index (Phi) is 7.76. The van der Waals surface area contributed by atoms with Crippen LogP contribution in [-0.2, 0) is 5.41 Å². The number of anilines is 1. The summed E-state index contributed by atoms with van der Waals surface area (Å²) in [6.45, 7) is 8.85. The zero-order valence-electron chi connectivity index (χ0n) is 22.8. The van der Waals surface area contributed by atoms with Crippen LogP contribution in [0.2, 0.25) is 0 Å². The summed E-state index contributed by atoms with van der Waals surface area (Å²) in [5, 5.41) is 6.99. The largest absolute Gasteiger partial charge is 0.493 e. The number of para-hydroxylation sites is 1. The molecule has 0 bridgehead atoms. The van der Waals surface area contributed by atoms with E-state index in [0.29, 0.717) is 34.9 Å². The Morgan fingerprint density at radius 2 is 1.58 bits per heavy atom. The minimum Gasteiger partial charge on any atom is -0.493 e. The Morgan fingerprint density at radius 1 is 0.895 bits per heavy atom. The molecule has 3 aromatic carbocycles. The van der Waals surface area contributed by atoms with E-state index in [1.54, 1.807) is 25.3 Å². The Hall–Kier alpha value is -4.26. The predicted molar refractivity (Wildman–Crippen MR) is 152 cm³/mol. The average molecular weight is 514 g/mol. The quantitative estimate of drug-likeness (QED) is 0.279. The van der Waals surface area contributed by atoms with Crippen LogP contribution in [-0.4, -0.2) is 37.1 Å². The Labute approximate surface area is 223 Å². The highest BCUT2D eigenvalue weighted by Crippen LogP contribution is 2.29. The minimum atomic E-state index is -0.321. The molecule has 0 unspecified atom stereocenters. The number of hydrogen-bond donors (Lipinski definition) is 2. The second kappa shape index (κ2) is 11.0. The SMILES string of the molecule is COc1ccc(C(=O)Nc2ccc(C(C)(C)CNC(=O)c3cn(C(C)C)c4ccccc34)cc2)cc1OC. The van der Waals surface area contributed by atoms with Gasteiger partial charge in [0.25, 0.3) is 11.8 Å². The van der Waals surface area contributed by atoms with E-state index >= 15 is 0 Å². The topological polar surface area (TPSA) is 81.6 Å². The van der Waals surface area contributed by atoms with Gasteiger partial charge < -0.3 is 24.7 Å². The van der Waals surface area contributed by atoms with Crippen LogP contribution in [0.25, 0.3) is 10.9 Å². The maximum Gasteiger partial charge on any atom is 0.255 e.